The second kappa shape index (κ2) is 10.9. The molecule has 0 saturated carbocycles. The smallest absolute Gasteiger partial charge is 0.330 e. The van der Waals surface area contributed by atoms with Crippen LogP contribution in [0.25, 0.3) is 0 Å². The number of hydrazine groups is 1. The van der Waals surface area contributed by atoms with E-state index >= 15 is 0 Å². The number of rotatable bonds is 2. The Morgan fingerprint density at radius 3 is 1.85 bits per heavy atom. The van der Waals surface area contributed by atoms with E-state index in [-0.39, 0.29) is 23.9 Å². The second-order valence-corrected chi connectivity index (χ2v) is 2.01. The fraction of sp³-hybridized carbons (Fsp3) is 0.429. The van der Waals surface area contributed by atoms with Crippen LogP contribution in [0, 0.1) is 0 Å². The molecule has 0 heterocycles. The number of carbonyl (C=O) groups excluding carboxylic acids is 1. The molecule has 0 aromatic rings. The average molecular weight is 211 g/mol. The molecule has 0 aromatic carbocycles. The van der Waals surface area contributed by atoms with Crippen molar-refractivity contribution in [3.05, 3.63) is 12.2 Å². The van der Waals surface area contributed by atoms with Gasteiger partial charge < -0.3 is 5.11 Å². The van der Waals surface area contributed by atoms with Gasteiger partial charge in [0.1, 0.15) is 0 Å². The molecule has 0 rings (SSSR count). The van der Waals surface area contributed by atoms with Gasteiger partial charge in [0.15, 0.2) is 0 Å². The molecule has 4 N–H and O–H groups in total. The first kappa shape index (κ1) is 17.9. The zero-order valence-electron chi connectivity index (χ0n) is 7.66. The van der Waals surface area contributed by atoms with Crippen molar-refractivity contribution >= 4 is 24.3 Å². The van der Waals surface area contributed by atoms with Crippen molar-refractivity contribution in [2.45, 2.75) is 20.3 Å². The van der Waals surface area contributed by atoms with Gasteiger partial charge in [-0.3, -0.25) is 10.2 Å². The number of aliphatic carboxylic acids is 1. The van der Waals surface area contributed by atoms with Crippen LogP contribution in [0.4, 0.5) is 0 Å². The first-order chi connectivity index (χ1) is 5.45. The summed E-state index contributed by atoms with van der Waals surface area (Å²) in [5.74, 6) is 3.62. The Bertz CT molecular complexity index is 165. The highest BCUT2D eigenvalue weighted by Crippen LogP contribution is 1.81. The molecule has 6 heteroatoms. The van der Waals surface area contributed by atoms with Crippen molar-refractivity contribution in [3.63, 3.8) is 0 Å². The summed E-state index contributed by atoms with van der Waals surface area (Å²) < 4.78 is 0. The van der Waals surface area contributed by atoms with Crippen LogP contribution in [0.1, 0.15) is 20.3 Å². The van der Waals surface area contributed by atoms with E-state index in [1.807, 2.05) is 5.43 Å². The normalized spacial score (nSPS) is 7.00. The largest absolute Gasteiger partial charge is 0.478 e. The Kier molecular flexibility index (Phi) is 15.0. The van der Waals surface area contributed by atoms with E-state index in [1.165, 1.54) is 6.92 Å². The van der Waals surface area contributed by atoms with Gasteiger partial charge in [-0.05, 0) is 6.92 Å². The van der Waals surface area contributed by atoms with Crippen LogP contribution in [0.3, 0.4) is 0 Å². The highest BCUT2D eigenvalue weighted by atomic mass is 35.5. The van der Waals surface area contributed by atoms with Gasteiger partial charge in [-0.15, -0.1) is 12.4 Å². The van der Waals surface area contributed by atoms with Crippen LogP contribution in [0.2, 0.25) is 0 Å². The van der Waals surface area contributed by atoms with Gasteiger partial charge in [0, 0.05) is 12.0 Å². The molecule has 5 nitrogen and oxygen atoms in total. The summed E-state index contributed by atoms with van der Waals surface area (Å²) in [5, 5.41) is 7.89. The molecule has 0 aliphatic carbocycles. The molecule has 78 valence electrons. The van der Waals surface area contributed by atoms with Gasteiger partial charge in [-0.1, -0.05) is 13.5 Å². The van der Waals surface area contributed by atoms with Crippen molar-refractivity contribution < 1.29 is 14.7 Å². The van der Waals surface area contributed by atoms with Crippen LogP contribution in [0.15, 0.2) is 12.2 Å². The van der Waals surface area contributed by atoms with Crippen molar-refractivity contribution in [3.8, 4) is 0 Å². The topological polar surface area (TPSA) is 92.4 Å². The number of carbonyl (C=O) groups is 2. The minimum absolute atomic E-state index is 0. The highest BCUT2D eigenvalue weighted by Gasteiger charge is 1.90. The summed E-state index contributed by atoms with van der Waals surface area (Å²) in [6.45, 7) is 6.34. The number of carboxylic acid groups (broad SMARTS) is 1. The number of halogens is 1. The Hall–Kier alpha value is -1.07. The van der Waals surface area contributed by atoms with Crippen molar-refractivity contribution in [2.75, 3.05) is 0 Å². The predicted octanol–water partition coefficient (Wildman–Crippen LogP) is 0.455. The molecule has 0 radical (unpaired) electrons. The molecule has 0 aliphatic heterocycles. The maximum atomic E-state index is 9.94. The first-order valence-electron chi connectivity index (χ1n) is 3.33. The monoisotopic (exact) mass is 210 g/mol. The number of nitrogens with two attached hydrogens (primary N) is 1. The minimum Gasteiger partial charge on any atom is -0.478 e. The third kappa shape index (κ3) is 18.1. The lowest BCUT2D eigenvalue weighted by Gasteiger charge is -1.87. The fourth-order valence-corrected chi connectivity index (χ4v) is 0.102. The second-order valence-electron chi connectivity index (χ2n) is 2.01. The molecule has 0 saturated heterocycles. The molecular weight excluding hydrogens is 196 g/mol. The Morgan fingerprint density at radius 1 is 1.54 bits per heavy atom. The molecule has 0 spiro atoms. The zero-order valence-corrected chi connectivity index (χ0v) is 8.48. The van der Waals surface area contributed by atoms with Gasteiger partial charge in [0.25, 0.3) is 0 Å². The maximum absolute atomic E-state index is 9.94. The van der Waals surface area contributed by atoms with E-state index in [1.54, 1.807) is 6.92 Å². The lowest BCUT2D eigenvalue weighted by Crippen LogP contribution is -2.28. The van der Waals surface area contributed by atoms with Crippen molar-refractivity contribution in [1.29, 1.82) is 0 Å². The SMILES string of the molecule is C=C(C)C(=O)O.CCC(=O)NN.Cl. The molecule has 1 amide bonds. The van der Waals surface area contributed by atoms with Gasteiger partial charge >= 0.3 is 5.97 Å². The van der Waals surface area contributed by atoms with Gasteiger partial charge in [0.05, 0.1) is 0 Å². The van der Waals surface area contributed by atoms with E-state index in [0.29, 0.717) is 6.42 Å². The molecule has 0 atom stereocenters. The third-order valence-corrected chi connectivity index (χ3v) is 0.847. The summed E-state index contributed by atoms with van der Waals surface area (Å²) in [4.78, 5) is 19.5. The van der Waals surface area contributed by atoms with Gasteiger partial charge in [-0.2, -0.15) is 0 Å². The Balaban J connectivity index is -0.000000143. The lowest BCUT2D eigenvalue weighted by atomic mass is 10.4. The van der Waals surface area contributed by atoms with Crippen molar-refractivity contribution in [2.24, 2.45) is 5.84 Å². The van der Waals surface area contributed by atoms with E-state index < -0.39 is 5.97 Å². The van der Waals surface area contributed by atoms with E-state index in [4.69, 9.17) is 5.11 Å². The summed E-state index contributed by atoms with van der Waals surface area (Å²) in [6.07, 6.45) is 0.455. The predicted molar refractivity (Wildman–Crippen MR) is 52.3 cm³/mol. The fourth-order valence-electron chi connectivity index (χ4n) is 0.102. The number of hydrogen-bond donors (Lipinski definition) is 3. The molecule has 0 fully saturated rings. The third-order valence-electron chi connectivity index (χ3n) is 0.847. The summed E-state index contributed by atoms with van der Waals surface area (Å²) in [5.41, 5.74) is 2.15. The molecule has 0 bridgehead atoms. The summed E-state index contributed by atoms with van der Waals surface area (Å²) >= 11 is 0. The van der Waals surface area contributed by atoms with Gasteiger partial charge in [-0.25, -0.2) is 10.6 Å². The molecule has 0 aromatic heterocycles. The Morgan fingerprint density at radius 2 is 1.85 bits per heavy atom. The van der Waals surface area contributed by atoms with Gasteiger partial charge in [0.2, 0.25) is 5.91 Å². The number of amides is 1. The van der Waals surface area contributed by atoms with Crippen LogP contribution in [0.5, 0.6) is 0 Å². The molecule has 13 heavy (non-hydrogen) atoms. The average Bonchev–Trinajstić information content (AvgIpc) is 2.04. The number of hydrogen-bond acceptors (Lipinski definition) is 3. The lowest BCUT2D eigenvalue weighted by molar-refractivity contribution is -0.132. The van der Waals surface area contributed by atoms with Crippen LogP contribution >= 0.6 is 12.4 Å². The standard InChI is InChI=1S/C4H6O2.C3H8N2O.ClH/c1-3(2)4(5)6;1-2-3(6)5-4;/h1H2,2H3,(H,5,6);2,4H2,1H3,(H,5,6);1H. The van der Waals surface area contributed by atoms with E-state index in [9.17, 15) is 9.59 Å². The van der Waals surface area contributed by atoms with E-state index in [2.05, 4.69) is 12.4 Å². The number of carboxylic acids is 1. The van der Waals surface area contributed by atoms with E-state index in [0.717, 1.165) is 0 Å². The summed E-state index contributed by atoms with van der Waals surface area (Å²) in [6, 6.07) is 0. The quantitative estimate of drug-likeness (QED) is 0.267. The van der Waals surface area contributed by atoms with Crippen LogP contribution < -0.4 is 11.3 Å². The molecule has 0 aliphatic rings. The highest BCUT2D eigenvalue weighted by molar-refractivity contribution is 5.85. The first-order valence-corrected chi connectivity index (χ1v) is 3.33. The zero-order chi connectivity index (χ0) is 10.1. The molecule has 0 unspecified atom stereocenters. The Labute approximate surface area is 83.4 Å². The van der Waals surface area contributed by atoms with Crippen LogP contribution in [-0.2, 0) is 9.59 Å². The maximum Gasteiger partial charge on any atom is 0.330 e. The minimum atomic E-state index is -0.935. The van der Waals surface area contributed by atoms with Crippen LogP contribution in [-0.4, -0.2) is 17.0 Å². The molecular formula is C7H15ClN2O3. The summed E-state index contributed by atoms with van der Waals surface area (Å²) in [7, 11) is 0. The van der Waals surface area contributed by atoms with Crippen molar-refractivity contribution in [1.82, 2.24) is 5.43 Å². The number of nitrogens with one attached hydrogen (secondary N) is 1.